The number of hydrogen-bond donors (Lipinski definition) is 2. The highest BCUT2D eigenvalue weighted by molar-refractivity contribution is 5.90. The number of methoxy groups -OCH3 is 1. The van der Waals surface area contributed by atoms with Crippen molar-refractivity contribution in [1.82, 2.24) is 15.1 Å². The largest absolute Gasteiger partial charge is 0.494 e. The molecule has 1 aliphatic heterocycles. The summed E-state index contributed by atoms with van der Waals surface area (Å²) < 4.78 is 26.4. The molecule has 140 valence electrons. The smallest absolute Gasteiger partial charge is 0.319 e. The van der Waals surface area contributed by atoms with Gasteiger partial charge in [-0.1, -0.05) is 0 Å². The molecule has 2 N–H and O–H groups in total. The summed E-state index contributed by atoms with van der Waals surface area (Å²) in [6.07, 6.45) is 5.02. The average Bonchev–Trinajstić information content (AvgIpc) is 3.04. The van der Waals surface area contributed by atoms with Crippen LogP contribution in [0.1, 0.15) is 30.1 Å². The van der Waals surface area contributed by atoms with Crippen molar-refractivity contribution < 1.29 is 18.7 Å². The van der Waals surface area contributed by atoms with E-state index in [4.69, 9.17) is 9.47 Å². The molecule has 1 saturated heterocycles. The van der Waals surface area contributed by atoms with Crippen LogP contribution in [0.5, 0.6) is 5.75 Å². The van der Waals surface area contributed by atoms with Gasteiger partial charge in [0.1, 0.15) is 6.10 Å². The third kappa shape index (κ3) is 3.96. The van der Waals surface area contributed by atoms with Crippen LogP contribution in [0.25, 0.3) is 0 Å². The van der Waals surface area contributed by atoms with Crippen LogP contribution in [0.3, 0.4) is 0 Å². The molecular formula is C18H23FN4O3. The van der Waals surface area contributed by atoms with Crippen LogP contribution in [-0.2, 0) is 11.8 Å². The number of carbonyl (C=O) groups is 1. The summed E-state index contributed by atoms with van der Waals surface area (Å²) in [5, 5.41) is 9.81. The molecule has 1 fully saturated rings. The van der Waals surface area contributed by atoms with Gasteiger partial charge < -0.3 is 20.1 Å². The molecule has 0 saturated carbocycles. The van der Waals surface area contributed by atoms with Gasteiger partial charge in [-0.25, -0.2) is 9.18 Å². The zero-order valence-corrected chi connectivity index (χ0v) is 15.1. The van der Waals surface area contributed by atoms with Gasteiger partial charge in [-0.3, -0.25) is 4.68 Å². The molecule has 7 nitrogen and oxygen atoms in total. The number of aromatic nitrogens is 2. The summed E-state index contributed by atoms with van der Waals surface area (Å²) in [4.78, 5) is 12.4. The maximum absolute atomic E-state index is 13.9. The molecule has 0 spiro atoms. The fraction of sp³-hybridized carbons (Fsp3) is 0.444. The van der Waals surface area contributed by atoms with E-state index in [2.05, 4.69) is 15.7 Å². The van der Waals surface area contributed by atoms with E-state index >= 15 is 0 Å². The van der Waals surface area contributed by atoms with Crippen LogP contribution < -0.4 is 15.4 Å². The summed E-state index contributed by atoms with van der Waals surface area (Å²) in [6.45, 7) is 2.42. The molecule has 2 aromatic rings. The Morgan fingerprint density at radius 2 is 2.27 bits per heavy atom. The fourth-order valence-corrected chi connectivity index (χ4v) is 3.12. The Labute approximate surface area is 151 Å². The standard InChI is InChI=1S/C18H23FN4O3/c1-11-7-16(25-3)13(19)8-15(11)22-18(24)21-14-5-4-6-26-17(14)12-9-20-23(2)10-12/h7-10,14,17H,4-6H2,1-3H3,(H2,21,22,24)/t14-,17+/m0/s1. The molecule has 26 heavy (non-hydrogen) atoms. The first-order valence-corrected chi connectivity index (χ1v) is 8.49. The maximum atomic E-state index is 13.9. The Kier molecular flexibility index (Phi) is 5.41. The van der Waals surface area contributed by atoms with Crippen LogP contribution in [0.2, 0.25) is 0 Å². The number of nitrogens with zero attached hydrogens (tertiary/aromatic N) is 2. The number of aryl methyl sites for hydroxylation is 2. The van der Waals surface area contributed by atoms with Crippen LogP contribution in [0, 0.1) is 12.7 Å². The topological polar surface area (TPSA) is 77.4 Å². The van der Waals surface area contributed by atoms with Crippen LogP contribution >= 0.6 is 0 Å². The second kappa shape index (κ2) is 7.74. The number of rotatable bonds is 4. The number of hydrogen-bond acceptors (Lipinski definition) is 4. The first-order chi connectivity index (χ1) is 12.5. The van der Waals surface area contributed by atoms with Gasteiger partial charge in [-0.2, -0.15) is 5.10 Å². The number of urea groups is 1. The Balaban J connectivity index is 1.69. The van der Waals surface area contributed by atoms with Gasteiger partial charge in [0.05, 0.1) is 19.3 Å². The molecule has 1 aliphatic rings. The molecule has 2 atom stereocenters. The third-order valence-electron chi connectivity index (χ3n) is 4.44. The molecule has 0 unspecified atom stereocenters. The summed E-state index contributed by atoms with van der Waals surface area (Å²) in [6, 6.07) is 2.22. The monoisotopic (exact) mass is 362 g/mol. The molecule has 2 amide bonds. The SMILES string of the molecule is COc1cc(C)c(NC(=O)N[C@H]2CCCO[C@@H]2c2cnn(C)c2)cc1F. The van der Waals surface area contributed by atoms with E-state index in [-0.39, 0.29) is 17.9 Å². The Bertz CT molecular complexity index is 793. The lowest BCUT2D eigenvalue weighted by Gasteiger charge is -2.31. The number of benzene rings is 1. The zero-order valence-electron chi connectivity index (χ0n) is 15.1. The molecule has 8 heteroatoms. The Hall–Kier alpha value is -2.61. The number of carbonyl (C=O) groups excluding carboxylic acids is 1. The van der Waals surface area contributed by atoms with Crippen molar-refractivity contribution in [1.29, 1.82) is 0 Å². The minimum absolute atomic E-state index is 0.144. The normalized spacial score (nSPS) is 19.8. The minimum atomic E-state index is -0.525. The van der Waals surface area contributed by atoms with E-state index < -0.39 is 11.8 Å². The number of ether oxygens (including phenoxy) is 2. The highest BCUT2D eigenvalue weighted by Gasteiger charge is 2.30. The lowest BCUT2D eigenvalue weighted by Crippen LogP contribution is -2.44. The first-order valence-electron chi connectivity index (χ1n) is 8.49. The lowest BCUT2D eigenvalue weighted by molar-refractivity contribution is -0.00700. The number of anilines is 1. The van der Waals surface area contributed by atoms with E-state index in [1.165, 1.54) is 13.2 Å². The van der Waals surface area contributed by atoms with E-state index in [0.717, 1.165) is 18.4 Å². The van der Waals surface area contributed by atoms with Gasteiger partial charge >= 0.3 is 6.03 Å². The summed E-state index contributed by atoms with van der Waals surface area (Å²) in [7, 11) is 3.24. The van der Waals surface area contributed by atoms with Crippen molar-refractivity contribution in [2.45, 2.75) is 31.9 Å². The van der Waals surface area contributed by atoms with Crippen molar-refractivity contribution >= 4 is 11.7 Å². The lowest BCUT2D eigenvalue weighted by atomic mass is 9.98. The predicted octanol–water partition coefficient (Wildman–Crippen LogP) is 2.92. The molecule has 2 heterocycles. The minimum Gasteiger partial charge on any atom is -0.494 e. The second-order valence-corrected chi connectivity index (χ2v) is 6.39. The van der Waals surface area contributed by atoms with Crippen molar-refractivity contribution in [3.05, 3.63) is 41.5 Å². The zero-order chi connectivity index (χ0) is 18.7. The quantitative estimate of drug-likeness (QED) is 0.877. The van der Waals surface area contributed by atoms with Gasteiger partial charge in [0.25, 0.3) is 0 Å². The van der Waals surface area contributed by atoms with Gasteiger partial charge in [0, 0.05) is 37.2 Å². The van der Waals surface area contributed by atoms with Crippen LogP contribution in [0.4, 0.5) is 14.9 Å². The number of amides is 2. The molecule has 0 bridgehead atoms. The number of nitrogens with one attached hydrogen (secondary N) is 2. The van der Waals surface area contributed by atoms with Gasteiger partial charge in [0.15, 0.2) is 11.6 Å². The number of halogens is 1. The molecule has 1 aromatic carbocycles. The van der Waals surface area contributed by atoms with Gasteiger partial charge in [0.2, 0.25) is 0 Å². The highest BCUT2D eigenvalue weighted by Crippen LogP contribution is 2.29. The Morgan fingerprint density at radius 3 is 2.96 bits per heavy atom. The van der Waals surface area contributed by atoms with Crippen molar-refractivity contribution in [3.63, 3.8) is 0 Å². The average molecular weight is 362 g/mol. The Morgan fingerprint density at radius 1 is 1.46 bits per heavy atom. The summed E-state index contributed by atoms with van der Waals surface area (Å²) >= 11 is 0. The highest BCUT2D eigenvalue weighted by atomic mass is 19.1. The predicted molar refractivity (Wildman–Crippen MR) is 94.8 cm³/mol. The van der Waals surface area contributed by atoms with E-state index in [9.17, 15) is 9.18 Å². The van der Waals surface area contributed by atoms with E-state index in [0.29, 0.717) is 17.9 Å². The fourth-order valence-electron chi connectivity index (χ4n) is 3.12. The van der Waals surface area contributed by atoms with Crippen LogP contribution in [0.15, 0.2) is 24.5 Å². The maximum Gasteiger partial charge on any atom is 0.319 e. The molecular weight excluding hydrogens is 339 g/mol. The van der Waals surface area contributed by atoms with Crippen molar-refractivity contribution in [2.75, 3.05) is 19.0 Å². The molecule has 0 radical (unpaired) electrons. The molecule has 1 aromatic heterocycles. The van der Waals surface area contributed by atoms with Crippen molar-refractivity contribution in [2.24, 2.45) is 7.05 Å². The first kappa shape index (κ1) is 18.2. The second-order valence-electron chi connectivity index (χ2n) is 6.39. The van der Waals surface area contributed by atoms with Crippen molar-refractivity contribution in [3.8, 4) is 5.75 Å². The summed E-state index contributed by atoms with van der Waals surface area (Å²) in [5.41, 5.74) is 2.03. The van der Waals surface area contributed by atoms with Crippen LogP contribution in [-0.4, -0.2) is 35.6 Å². The van der Waals surface area contributed by atoms with Gasteiger partial charge in [-0.15, -0.1) is 0 Å². The molecule has 0 aliphatic carbocycles. The van der Waals surface area contributed by atoms with Gasteiger partial charge in [-0.05, 0) is 31.4 Å². The van der Waals surface area contributed by atoms with E-state index in [1.807, 2.05) is 13.2 Å². The third-order valence-corrected chi connectivity index (χ3v) is 4.44. The summed E-state index contributed by atoms with van der Waals surface area (Å²) in [5.74, 6) is -0.381. The molecule has 3 rings (SSSR count). The van der Waals surface area contributed by atoms with E-state index in [1.54, 1.807) is 23.9 Å².